The fraction of sp³-hybridized carbons (Fsp3) is 0.917. The van der Waals surface area contributed by atoms with Gasteiger partial charge in [-0.1, -0.05) is 0 Å². The van der Waals surface area contributed by atoms with Crippen molar-refractivity contribution in [2.24, 2.45) is 0 Å². The minimum absolute atomic E-state index is 0.00679. The molecule has 6 nitrogen and oxygen atoms in total. The van der Waals surface area contributed by atoms with Gasteiger partial charge in [0.25, 0.3) is 0 Å². The summed E-state index contributed by atoms with van der Waals surface area (Å²) in [6, 6.07) is 0.315. The van der Waals surface area contributed by atoms with Crippen LogP contribution in [-0.2, 0) is 10.0 Å². The van der Waals surface area contributed by atoms with E-state index in [1.54, 1.807) is 18.7 Å². The van der Waals surface area contributed by atoms with E-state index in [4.69, 9.17) is 0 Å². The van der Waals surface area contributed by atoms with Gasteiger partial charge < -0.3 is 10.2 Å². The number of nitrogens with zero attached hydrogens (tertiary/aromatic N) is 1. The zero-order chi connectivity index (χ0) is 14.0. The molecule has 0 unspecified atom stereocenters. The molecule has 2 amide bonds. The molecule has 0 aromatic carbocycles. The summed E-state index contributed by atoms with van der Waals surface area (Å²) in [5, 5.41) is 2.54. The average molecular weight is 289 g/mol. The van der Waals surface area contributed by atoms with E-state index in [9.17, 15) is 13.2 Å². The first-order valence-corrected chi connectivity index (χ1v) is 8.49. The summed E-state index contributed by atoms with van der Waals surface area (Å²) in [6.45, 7) is 4.56. The Hall–Kier alpha value is -0.820. The maximum absolute atomic E-state index is 11.8. The third kappa shape index (κ3) is 4.07. The van der Waals surface area contributed by atoms with Crippen LogP contribution in [0, 0.1) is 0 Å². The standard InChI is InChI=1S/C12H23N3O3S/c1-9(2)19(17,18)14-11-5-7-15(8-6-11)12(16)13-10-3-4-10/h9-11,14H,3-8H2,1-2H3,(H,13,16). The molecular formula is C12H23N3O3S. The molecule has 0 bridgehead atoms. The Morgan fingerprint density at radius 2 is 1.68 bits per heavy atom. The van der Waals surface area contributed by atoms with Gasteiger partial charge in [0.15, 0.2) is 0 Å². The molecule has 0 aromatic rings. The third-order valence-electron chi connectivity index (χ3n) is 3.64. The minimum atomic E-state index is -3.21. The summed E-state index contributed by atoms with van der Waals surface area (Å²) in [4.78, 5) is 13.6. The molecule has 2 aliphatic rings. The van der Waals surface area contributed by atoms with Gasteiger partial charge in [-0.3, -0.25) is 0 Å². The second-order valence-electron chi connectivity index (χ2n) is 5.70. The van der Waals surface area contributed by atoms with E-state index < -0.39 is 15.3 Å². The van der Waals surface area contributed by atoms with Gasteiger partial charge >= 0.3 is 6.03 Å². The van der Waals surface area contributed by atoms with Crippen molar-refractivity contribution in [3.8, 4) is 0 Å². The molecule has 0 aromatic heterocycles. The number of urea groups is 1. The van der Waals surface area contributed by atoms with Crippen LogP contribution < -0.4 is 10.0 Å². The summed E-state index contributed by atoms with van der Waals surface area (Å²) in [5.74, 6) is 0. The van der Waals surface area contributed by atoms with Crippen molar-refractivity contribution in [1.82, 2.24) is 14.9 Å². The Bertz CT molecular complexity index is 424. The molecule has 19 heavy (non-hydrogen) atoms. The van der Waals surface area contributed by atoms with E-state index in [-0.39, 0.29) is 12.1 Å². The highest BCUT2D eigenvalue weighted by atomic mass is 32.2. The van der Waals surface area contributed by atoms with Crippen molar-refractivity contribution in [1.29, 1.82) is 0 Å². The summed E-state index contributed by atoms with van der Waals surface area (Å²) < 4.78 is 26.2. The molecule has 110 valence electrons. The maximum Gasteiger partial charge on any atom is 0.317 e. The summed E-state index contributed by atoms with van der Waals surface area (Å²) >= 11 is 0. The van der Waals surface area contributed by atoms with E-state index in [1.807, 2.05) is 0 Å². The van der Waals surface area contributed by atoms with E-state index >= 15 is 0 Å². The van der Waals surface area contributed by atoms with E-state index in [2.05, 4.69) is 10.0 Å². The normalized spacial score (nSPS) is 21.7. The molecule has 1 aliphatic heterocycles. The number of sulfonamides is 1. The molecule has 0 atom stereocenters. The molecule has 0 radical (unpaired) electrons. The first-order valence-electron chi connectivity index (χ1n) is 6.95. The Labute approximate surface area is 115 Å². The van der Waals surface area contributed by atoms with E-state index in [0.29, 0.717) is 32.0 Å². The van der Waals surface area contributed by atoms with Crippen LogP contribution in [0.3, 0.4) is 0 Å². The molecular weight excluding hydrogens is 266 g/mol. The van der Waals surface area contributed by atoms with Crippen molar-refractivity contribution < 1.29 is 13.2 Å². The number of hydrogen-bond donors (Lipinski definition) is 2. The van der Waals surface area contributed by atoms with Crippen LogP contribution in [0.4, 0.5) is 4.79 Å². The zero-order valence-electron chi connectivity index (χ0n) is 11.6. The molecule has 1 aliphatic carbocycles. The van der Waals surface area contributed by atoms with Gasteiger partial charge in [-0.15, -0.1) is 0 Å². The SMILES string of the molecule is CC(C)S(=O)(=O)NC1CCN(C(=O)NC2CC2)CC1. The molecule has 1 saturated carbocycles. The molecule has 7 heteroatoms. The first kappa shape index (κ1) is 14.6. The van der Waals surface area contributed by atoms with Crippen molar-refractivity contribution in [3.05, 3.63) is 0 Å². The second kappa shape index (κ2) is 5.66. The lowest BCUT2D eigenvalue weighted by atomic mass is 10.1. The van der Waals surface area contributed by atoms with E-state index in [1.165, 1.54) is 0 Å². The lowest BCUT2D eigenvalue weighted by Gasteiger charge is -2.32. The predicted octanol–water partition coefficient (Wildman–Crippen LogP) is 0.651. The quantitative estimate of drug-likeness (QED) is 0.797. The summed E-state index contributed by atoms with van der Waals surface area (Å²) in [5.41, 5.74) is 0. The number of likely N-dealkylation sites (tertiary alicyclic amines) is 1. The maximum atomic E-state index is 11.8. The summed E-state index contributed by atoms with van der Waals surface area (Å²) in [6.07, 6.45) is 3.53. The lowest BCUT2D eigenvalue weighted by molar-refractivity contribution is 0.179. The van der Waals surface area contributed by atoms with Gasteiger partial charge in [-0.05, 0) is 39.5 Å². The number of carbonyl (C=O) groups is 1. The number of carbonyl (C=O) groups excluding carboxylic acids is 1. The van der Waals surface area contributed by atoms with Crippen LogP contribution >= 0.6 is 0 Å². The Kier molecular flexibility index (Phi) is 4.35. The molecule has 2 rings (SSSR count). The van der Waals surface area contributed by atoms with Crippen molar-refractivity contribution >= 4 is 16.1 Å². The monoisotopic (exact) mass is 289 g/mol. The van der Waals surface area contributed by atoms with Crippen LogP contribution in [0.5, 0.6) is 0 Å². The third-order valence-corrected chi connectivity index (χ3v) is 5.54. The fourth-order valence-corrected chi connectivity index (χ4v) is 3.03. The summed E-state index contributed by atoms with van der Waals surface area (Å²) in [7, 11) is -3.21. The van der Waals surface area contributed by atoms with Gasteiger partial charge in [0.05, 0.1) is 5.25 Å². The van der Waals surface area contributed by atoms with Crippen molar-refractivity contribution in [2.75, 3.05) is 13.1 Å². The number of amides is 2. The highest BCUT2D eigenvalue weighted by molar-refractivity contribution is 7.90. The number of rotatable bonds is 4. The van der Waals surface area contributed by atoms with Gasteiger partial charge in [0.1, 0.15) is 0 Å². The molecule has 2 fully saturated rings. The minimum Gasteiger partial charge on any atom is -0.335 e. The zero-order valence-corrected chi connectivity index (χ0v) is 12.4. The second-order valence-corrected chi connectivity index (χ2v) is 7.97. The number of hydrogen-bond acceptors (Lipinski definition) is 3. The molecule has 2 N–H and O–H groups in total. The Morgan fingerprint density at radius 3 is 2.16 bits per heavy atom. The lowest BCUT2D eigenvalue weighted by Crippen LogP contribution is -2.50. The van der Waals surface area contributed by atoms with Crippen molar-refractivity contribution in [2.45, 2.75) is 56.9 Å². The number of piperidine rings is 1. The topological polar surface area (TPSA) is 78.5 Å². The molecule has 0 spiro atoms. The van der Waals surface area contributed by atoms with Gasteiger partial charge in [0, 0.05) is 25.2 Å². The van der Waals surface area contributed by atoms with Crippen LogP contribution in [-0.4, -0.2) is 49.8 Å². The highest BCUT2D eigenvalue weighted by Crippen LogP contribution is 2.20. The largest absolute Gasteiger partial charge is 0.335 e. The van der Waals surface area contributed by atoms with Crippen LogP contribution in [0.1, 0.15) is 39.5 Å². The molecule has 1 heterocycles. The average Bonchev–Trinajstić information content (AvgIpc) is 3.13. The van der Waals surface area contributed by atoms with Gasteiger partial charge in [-0.25, -0.2) is 17.9 Å². The first-order chi connectivity index (χ1) is 8.88. The van der Waals surface area contributed by atoms with Gasteiger partial charge in [-0.2, -0.15) is 0 Å². The van der Waals surface area contributed by atoms with Crippen molar-refractivity contribution in [3.63, 3.8) is 0 Å². The van der Waals surface area contributed by atoms with Crippen LogP contribution in [0.2, 0.25) is 0 Å². The van der Waals surface area contributed by atoms with Gasteiger partial charge in [0.2, 0.25) is 10.0 Å². The fourth-order valence-electron chi connectivity index (χ4n) is 2.06. The Balaban J connectivity index is 1.77. The van der Waals surface area contributed by atoms with Crippen LogP contribution in [0.25, 0.3) is 0 Å². The predicted molar refractivity (Wildman–Crippen MR) is 73.3 cm³/mol. The molecule has 1 saturated heterocycles. The highest BCUT2D eigenvalue weighted by Gasteiger charge is 2.30. The Morgan fingerprint density at radius 1 is 1.11 bits per heavy atom. The number of nitrogens with one attached hydrogen (secondary N) is 2. The van der Waals surface area contributed by atoms with Crippen LogP contribution in [0.15, 0.2) is 0 Å². The smallest absolute Gasteiger partial charge is 0.317 e. The van der Waals surface area contributed by atoms with E-state index in [0.717, 1.165) is 12.8 Å².